The summed E-state index contributed by atoms with van der Waals surface area (Å²) in [6.45, 7) is 2.47. The fourth-order valence-corrected chi connectivity index (χ4v) is 3.02. The van der Waals surface area contributed by atoms with Gasteiger partial charge >= 0.3 is 0 Å². The quantitative estimate of drug-likeness (QED) is 0.841. The van der Waals surface area contributed by atoms with E-state index in [1.807, 2.05) is 0 Å². The first-order chi connectivity index (χ1) is 9.77. The fraction of sp³-hybridized carbons (Fsp3) is 0.643. The number of hydrogen-bond donors (Lipinski definition) is 0. The molecule has 2 aliphatic rings. The smallest absolute Gasteiger partial charge is 0.290 e. The molecule has 2 saturated heterocycles. The molecule has 3 heterocycles. The highest BCUT2D eigenvalue weighted by Gasteiger charge is 2.22. The van der Waals surface area contributed by atoms with Crippen LogP contribution in [0.25, 0.3) is 0 Å². The van der Waals surface area contributed by atoms with E-state index >= 15 is 0 Å². The molecule has 5 nitrogen and oxygen atoms in total. The molecule has 20 heavy (non-hydrogen) atoms. The van der Waals surface area contributed by atoms with Crippen LogP contribution in [0.1, 0.15) is 38.3 Å². The summed E-state index contributed by atoms with van der Waals surface area (Å²) in [4.78, 5) is 14.5. The number of nitrogens with zero attached hydrogens (tertiary/aromatic N) is 3. The number of halogens is 1. The van der Waals surface area contributed by atoms with Crippen molar-refractivity contribution in [2.75, 3.05) is 24.6 Å². The van der Waals surface area contributed by atoms with Gasteiger partial charge in [-0.2, -0.15) is 9.78 Å². The Balaban J connectivity index is 1.88. The molecule has 6 heteroatoms. The van der Waals surface area contributed by atoms with E-state index in [4.69, 9.17) is 16.3 Å². The van der Waals surface area contributed by atoms with Gasteiger partial charge in [-0.05, 0) is 38.5 Å². The number of rotatable bonds is 2. The molecule has 0 aromatic carbocycles. The van der Waals surface area contributed by atoms with Crippen molar-refractivity contribution in [2.24, 2.45) is 0 Å². The van der Waals surface area contributed by atoms with Crippen molar-refractivity contribution in [3.8, 4) is 0 Å². The molecule has 0 amide bonds. The normalized spacial score (nSPS) is 23.9. The van der Waals surface area contributed by atoms with Crippen LogP contribution < -0.4 is 10.5 Å². The lowest BCUT2D eigenvalue weighted by molar-refractivity contribution is -0.0424. The van der Waals surface area contributed by atoms with Gasteiger partial charge < -0.3 is 9.64 Å². The lowest BCUT2D eigenvalue weighted by atomic mass is 10.1. The van der Waals surface area contributed by atoms with Crippen LogP contribution >= 0.6 is 11.6 Å². The van der Waals surface area contributed by atoms with Crippen molar-refractivity contribution in [1.82, 2.24) is 9.78 Å². The highest BCUT2D eigenvalue weighted by molar-refractivity contribution is 6.33. The predicted molar refractivity (Wildman–Crippen MR) is 78.1 cm³/mol. The fourth-order valence-electron chi connectivity index (χ4n) is 2.77. The molecule has 2 aliphatic heterocycles. The lowest BCUT2D eigenvalue weighted by Crippen LogP contribution is -2.35. The third kappa shape index (κ3) is 2.69. The Morgan fingerprint density at radius 1 is 1.30 bits per heavy atom. The maximum absolute atomic E-state index is 12.4. The summed E-state index contributed by atoms with van der Waals surface area (Å²) in [6.07, 6.45) is 8.65. The number of hydrogen-bond acceptors (Lipinski definition) is 4. The van der Waals surface area contributed by atoms with Gasteiger partial charge in [-0.15, -0.1) is 0 Å². The van der Waals surface area contributed by atoms with Crippen LogP contribution in [-0.4, -0.2) is 29.5 Å². The van der Waals surface area contributed by atoms with Crippen molar-refractivity contribution in [3.63, 3.8) is 0 Å². The molecular formula is C14H19ClN3O2. The van der Waals surface area contributed by atoms with Gasteiger partial charge in [-0.25, -0.2) is 0 Å². The molecular weight excluding hydrogens is 278 g/mol. The van der Waals surface area contributed by atoms with E-state index < -0.39 is 0 Å². The van der Waals surface area contributed by atoms with E-state index in [0.717, 1.165) is 50.9 Å². The Labute approximate surface area is 123 Å². The zero-order valence-electron chi connectivity index (χ0n) is 11.4. The van der Waals surface area contributed by atoms with Crippen LogP contribution in [0.15, 0.2) is 11.0 Å². The Morgan fingerprint density at radius 3 is 2.80 bits per heavy atom. The summed E-state index contributed by atoms with van der Waals surface area (Å²) in [6, 6.07) is 0. The number of aromatic nitrogens is 2. The largest absolute Gasteiger partial charge is 0.369 e. The molecule has 0 spiro atoms. The van der Waals surface area contributed by atoms with Crippen LogP contribution in [0.5, 0.6) is 0 Å². The van der Waals surface area contributed by atoms with E-state index in [0.29, 0.717) is 6.61 Å². The maximum Gasteiger partial charge on any atom is 0.290 e. The third-order valence-corrected chi connectivity index (χ3v) is 4.26. The molecule has 1 atom stereocenters. The highest BCUT2D eigenvalue weighted by atomic mass is 35.5. The van der Waals surface area contributed by atoms with E-state index in [1.54, 1.807) is 6.20 Å². The molecule has 1 radical (unpaired) electrons. The number of piperidine rings is 1. The molecule has 0 bridgehead atoms. The summed E-state index contributed by atoms with van der Waals surface area (Å²) in [5, 5.41) is 4.54. The monoisotopic (exact) mass is 296 g/mol. The van der Waals surface area contributed by atoms with Crippen LogP contribution in [0, 0.1) is 6.42 Å². The standard InChI is InChI=1S/C14H19ClN3O2/c15-13-11(17-7-3-1-4-8-17)10-16-18(14(13)19)12-6-2-5-9-20-12/h1,10,12H,2-9H2. The van der Waals surface area contributed by atoms with Crippen LogP contribution in [0.2, 0.25) is 5.02 Å². The summed E-state index contributed by atoms with van der Waals surface area (Å²) < 4.78 is 7.00. The van der Waals surface area contributed by atoms with E-state index in [9.17, 15) is 4.79 Å². The molecule has 0 N–H and O–H groups in total. The third-order valence-electron chi connectivity index (χ3n) is 3.90. The first-order valence-electron chi connectivity index (χ1n) is 7.23. The van der Waals surface area contributed by atoms with E-state index in [1.165, 1.54) is 4.68 Å². The highest BCUT2D eigenvalue weighted by Crippen LogP contribution is 2.26. The Morgan fingerprint density at radius 2 is 2.10 bits per heavy atom. The SMILES string of the molecule is O=c1c(Cl)c(N2CC[CH]CC2)cnn1C1CCCCO1. The second kappa shape index (κ2) is 6.14. The molecule has 109 valence electrons. The van der Waals surface area contributed by atoms with Crippen molar-refractivity contribution in [3.05, 3.63) is 28.0 Å². The van der Waals surface area contributed by atoms with Crippen molar-refractivity contribution in [2.45, 2.75) is 38.3 Å². The van der Waals surface area contributed by atoms with Gasteiger partial charge in [0, 0.05) is 19.7 Å². The summed E-state index contributed by atoms with van der Waals surface area (Å²) in [5.74, 6) is 0. The van der Waals surface area contributed by atoms with Gasteiger partial charge in [0.05, 0.1) is 11.9 Å². The van der Waals surface area contributed by atoms with Gasteiger partial charge in [0.2, 0.25) is 0 Å². The zero-order chi connectivity index (χ0) is 13.9. The molecule has 1 unspecified atom stereocenters. The van der Waals surface area contributed by atoms with Gasteiger partial charge in [-0.1, -0.05) is 11.6 Å². The van der Waals surface area contributed by atoms with Crippen LogP contribution in [0.3, 0.4) is 0 Å². The second-order valence-corrected chi connectivity index (χ2v) is 5.65. The average molecular weight is 297 g/mol. The topological polar surface area (TPSA) is 47.4 Å². The predicted octanol–water partition coefficient (Wildman–Crippen LogP) is 2.40. The van der Waals surface area contributed by atoms with Crippen molar-refractivity contribution >= 4 is 17.3 Å². The first kappa shape index (κ1) is 13.9. The van der Waals surface area contributed by atoms with E-state index in [-0.39, 0.29) is 16.8 Å². The molecule has 0 saturated carbocycles. The number of anilines is 1. The molecule has 0 aliphatic carbocycles. The molecule has 1 aromatic rings. The minimum atomic E-state index is -0.266. The Bertz CT molecular complexity index is 520. The number of ether oxygens (including phenoxy) is 1. The summed E-state index contributed by atoms with van der Waals surface area (Å²) in [7, 11) is 0. The summed E-state index contributed by atoms with van der Waals surface area (Å²) in [5.41, 5.74) is 0.502. The lowest BCUT2D eigenvalue weighted by Gasteiger charge is -2.29. The molecule has 2 fully saturated rings. The Kier molecular flexibility index (Phi) is 4.27. The minimum Gasteiger partial charge on any atom is -0.369 e. The van der Waals surface area contributed by atoms with Crippen molar-refractivity contribution < 1.29 is 4.74 Å². The minimum absolute atomic E-state index is 0.245. The van der Waals surface area contributed by atoms with Gasteiger partial charge in [0.1, 0.15) is 5.02 Å². The maximum atomic E-state index is 12.4. The van der Waals surface area contributed by atoms with Crippen LogP contribution in [-0.2, 0) is 4.74 Å². The summed E-state index contributed by atoms with van der Waals surface area (Å²) >= 11 is 6.27. The Hall–Kier alpha value is -1.07. The molecule has 3 rings (SSSR count). The first-order valence-corrected chi connectivity index (χ1v) is 7.60. The van der Waals surface area contributed by atoms with Gasteiger partial charge in [-0.3, -0.25) is 4.79 Å². The van der Waals surface area contributed by atoms with Gasteiger partial charge in [0.15, 0.2) is 6.23 Å². The van der Waals surface area contributed by atoms with Gasteiger partial charge in [0.25, 0.3) is 5.56 Å². The second-order valence-electron chi connectivity index (χ2n) is 5.27. The average Bonchev–Trinajstić information content (AvgIpc) is 2.52. The van der Waals surface area contributed by atoms with E-state index in [2.05, 4.69) is 16.4 Å². The molecule has 1 aromatic heterocycles. The van der Waals surface area contributed by atoms with Crippen molar-refractivity contribution in [1.29, 1.82) is 0 Å². The zero-order valence-corrected chi connectivity index (χ0v) is 12.2. The van der Waals surface area contributed by atoms with Crippen LogP contribution in [0.4, 0.5) is 5.69 Å².